The minimum atomic E-state index is -0.594. The van der Waals surface area contributed by atoms with E-state index >= 15 is 0 Å². The van der Waals surface area contributed by atoms with E-state index in [4.69, 9.17) is 4.74 Å². The fraction of sp³-hybridized carbons (Fsp3) is 0.320. The molecule has 2 aliphatic heterocycles. The van der Waals surface area contributed by atoms with E-state index in [0.717, 1.165) is 30.4 Å². The molecule has 1 unspecified atom stereocenters. The number of benzene rings is 2. The van der Waals surface area contributed by atoms with Crippen LogP contribution in [0.15, 0.2) is 59.8 Å². The fourth-order valence-corrected chi connectivity index (χ4v) is 3.97. The summed E-state index contributed by atoms with van der Waals surface area (Å²) in [7, 11) is 0. The average Bonchev–Trinajstić information content (AvgIpc) is 3.17. The van der Waals surface area contributed by atoms with Crippen molar-refractivity contribution in [1.29, 1.82) is 0 Å². The number of amides is 3. The largest absolute Gasteiger partial charge is 0.456 e. The number of hydrogen-bond donors (Lipinski definition) is 2. The highest BCUT2D eigenvalue weighted by Crippen LogP contribution is 2.35. The first-order valence-corrected chi connectivity index (χ1v) is 10.9. The molecule has 0 radical (unpaired) electrons. The second-order valence-corrected chi connectivity index (χ2v) is 8.16. The third kappa shape index (κ3) is 4.51. The van der Waals surface area contributed by atoms with Gasteiger partial charge in [-0.25, -0.2) is 9.59 Å². The fourth-order valence-electron chi connectivity index (χ4n) is 3.97. The predicted molar refractivity (Wildman–Crippen MR) is 121 cm³/mol. The van der Waals surface area contributed by atoms with Crippen LogP contribution in [-0.2, 0) is 20.7 Å². The molecule has 3 amide bonds. The van der Waals surface area contributed by atoms with Crippen LogP contribution in [0.2, 0.25) is 0 Å². The van der Waals surface area contributed by atoms with Crippen LogP contribution in [0.5, 0.6) is 0 Å². The van der Waals surface area contributed by atoms with Crippen molar-refractivity contribution in [2.45, 2.75) is 39.2 Å². The average molecular weight is 434 g/mol. The van der Waals surface area contributed by atoms with Crippen molar-refractivity contribution in [3.05, 3.63) is 76.5 Å². The van der Waals surface area contributed by atoms with Gasteiger partial charge >= 0.3 is 12.0 Å². The molecule has 7 heteroatoms. The highest BCUT2D eigenvalue weighted by molar-refractivity contribution is 6.00. The Morgan fingerprint density at radius 1 is 1.12 bits per heavy atom. The molecule has 2 aliphatic rings. The Morgan fingerprint density at radius 2 is 1.84 bits per heavy atom. The Balaban J connectivity index is 1.49. The van der Waals surface area contributed by atoms with Crippen LogP contribution in [0.4, 0.5) is 10.5 Å². The summed E-state index contributed by atoms with van der Waals surface area (Å²) in [5, 5.41) is 5.67. The van der Waals surface area contributed by atoms with E-state index in [1.807, 2.05) is 55.5 Å². The van der Waals surface area contributed by atoms with E-state index in [-0.39, 0.29) is 19.1 Å². The highest BCUT2D eigenvalue weighted by Gasteiger charge is 2.42. The van der Waals surface area contributed by atoms with Crippen LogP contribution in [0.25, 0.3) is 0 Å². The molecule has 32 heavy (non-hydrogen) atoms. The number of anilines is 1. The summed E-state index contributed by atoms with van der Waals surface area (Å²) in [6.07, 6.45) is 3.26. The third-order valence-corrected chi connectivity index (χ3v) is 5.77. The number of cyclic esters (lactones) is 1. The van der Waals surface area contributed by atoms with Crippen LogP contribution in [0, 0.1) is 6.92 Å². The number of urea groups is 1. The van der Waals surface area contributed by atoms with E-state index in [1.165, 1.54) is 10.5 Å². The normalized spacial score (nSPS) is 17.7. The first kappa shape index (κ1) is 21.6. The molecule has 0 fully saturated rings. The molecular weight excluding hydrogens is 406 g/mol. The number of esters is 1. The number of nitrogens with one attached hydrogen (secondary N) is 2. The van der Waals surface area contributed by atoms with Gasteiger partial charge in [0.05, 0.1) is 17.3 Å². The van der Waals surface area contributed by atoms with Gasteiger partial charge in [-0.2, -0.15) is 0 Å². The molecule has 0 saturated heterocycles. The molecule has 7 nitrogen and oxygen atoms in total. The molecule has 0 bridgehead atoms. The van der Waals surface area contributed by atoms with Gasteiger partial charge in [-0.1, -0.05) is 55.3 Å². The van der Waals surface area contributed by atoms with Gasteiger partial charge in [-0.05, 0) is 43.0 Å². The molecule has 0 aromatic heterocycles. The minimum absolute atomic E-state index is 0.0245. The number of carbonyl (C=O) groups is 3. The maximum Gasteiger partial charge on any atom is 0.338 e. The molecule has 2 N–H and O–H groups in total. The SMILES string of the molecule is CCCCc1ccc(NC(=O)CN2C(=O)NC(c3ccc(C)cc3)C3=C2COC3=O)cc1. The van der Waals surface area contributed by atoms with Gasteiger partial charge < -0.3 is 15.4 Å². The Kier molecular flexibility index (Phi) is 6.25. The Hall–Kier alpha value is -3.61. The first-order valence-electron chi connectivity index (χ1n) is 10.9. The number of aryl methyl sites for hydroxylation is 2. The second-order valence-electron chi connectivity index (χ2n) is 8.16. The summed E-state index contributed by atoms with van der Waals surface area (Å²) in [6.45, 7) is 3.89. The maximum atomic E-state index is 12.9. The lowest BCUT2D eigenvalue weighted by atomic mass is 9.95. The number of nitrogens with zero attached hydrogens (tertiary/aromatic N) is 1. The summed E-state index contributed by atoms with van der Waals surface area (Å²) in [6, 6.07) is 14.3. The van der Waals surface area contributed by atoms with Gasteiger partial charge in [-0.3, -0.25) is 9.69 Å². The van der Waals surface area contributed by atoms with E-state index in [9.17, 15) is 14.4 Å². The summed E-state index contributed by atoms with van der Waals surface area (Å²) in [4.78, 5) is 39.2. The lowest BCUT2D eigenvalue weighted by Crippen LogP contribution is -2.49. The number of ether oxygens (including phenoxy) is 1. The minimum Gasteiger partial charge on any atom is -0.456 e. The van der Waals surface area contributed by atoms with E-state index in [0.29, 0.717) is 17.0 Å². The zero-order valence-corrected chi connectivity index (χ0v) is 18.3. The van der Waals surface area contributed by atoms with Gasteiger partial charge in [0.25, 0.3) is 0 Å². The van der Waals surface area contributed by atoms with Gasteiger partial charge in [-0.15, -0.1) is 0 Å². The van der Waals surface area contributed by atoms with Crippen LogP contribution < -0.4 is 10.6 Å². The van der Waals surface area contributed by atoms with Crippen molar-refractivity contribution >= 4 is 23.6 Å². The number of hydrogen-bond acceptors (Lipinski definition) is 4. The Morgan fingerprint density at radius 3 is 2.53 bits per heavy atom. The molecule has 0 spiro atoms. The lowest BCUT2D eigenvalue weighted by molar-refractivity contribution is -0.136. The molecule has 2 aromatic rings. The van der Waals surface area contributed by atoms with Gasteiger partial charge in [0, 0.05) is 5.69 Å². The van der Waals surface area contributed by atoms with Gasteiger partial charge in [0.15, 0.2) is 0 Å². The van der Waals surface area contributed by atoms with Crippen LogP contribution >= 0.6 is 0 Å². The molecule has 0 aliphatic carbocycles. The van der Waals surface area contributed by atoms with Crippen molar-refractivity contribution in [1.82, 2.24) is 10.2 Å². The Labute approximate surface area is 187 Å². The number of carbonyl (C=O) groups excluding carboxylic acids is 3. The first-order chi connectivity index (χ1) is 15.5. The molecule has 2 heterocycles. The number of unbranched alkanes of at least 4 members (excludes halogenated alkanes) is 1. The van der Waals surface area contributed by atoms with E-state index in [2.05, 4.69) is 17.6 Å². The van der Waals surface area contributed by atoms with Crippen molar-refractivity contribution in [3.63, 3.8) is 0 Å². The van der Waals surface area contributed by atoms with E-state index < -0.39 is 18.0 Å². The summed E-state index contributed by atoms with van der Waals surface area (Å²) >= 11 is 0. The standard InChI is InChI=1S/C25H27N3O4/c1-3-4-5-17-8-12-19(13-9-17)26-21(29)14-28-20-15-32-24(30)22(20)23(27-25(28)31)18-10-6-16(2)7-11-18/h6-13,23H,3-5,14-15H2,1-2H3,(H,26,29)(H,27,31). The molecule has 1 atom stereocenters. The summed E-state index contributed by atoms with van der Waals surface area (Å²) in [5.41, 5.74) is 4.58. The van der Waals surface area contributed by atoms with E-state index in [1.54, 1.807) is 0 Å². The second kappa shape index (κ2) is 9.26. The topological polar surface area (TPSA) is 87.7 Å². The van der Waals surface area contributed by atoms with Crippen molar-refractivity contribution in [3.8, 4) is 0 Å². The van der Waals surface area contributed by atoms with Gasteiger partial charge in [0.1, 0.15) is 13.2 Å². The molecule has 2 aromatic carbocycles. The quantitative estimate of drug-likeness (QED) is 0.649. The van der Waals surface area contributed by atoms with Crippen molar-refractivity contribution in [2.24, 2.45) is 0 Å². The predicted octanol–water partition coefficient (Wildman–Crippen LogP) is 3.85. The summed E-state index contributed by atoms with van der Waals surface area (Å²) < 4.78 is 5.22. The smallest absolute Gasteiger partial charge is 0.338 e. The Bertz CT molecular complexity index is 1060. The zero-order valence-electron chi connectivity index (χ0n) is 18.3. The van der Waals surface area contributed by atoms with Crippen LogP contribution in [0.1, 0.15) is 42.5 Å². The zero-order chi connectivity index (χ0) is 22.7. The highest BCUT2D eigenvalue weighted by atomic mass is 16.5. The van der Waals surface area contributed by atoms with Crippen LogP contribution in [0.3, 0.4) is 0 Å². The molecule has 4 rings (SSSR count). The van der Waals surface area contributed by atoms with Crippen molar-refractivity contribution in [2.75, 3.05) is 18.5 Å². The summed E-state index contributed by atoms with van der Waals surface area (Å²) in [5.74, 6) is -0.819. The van der Waals surface area contributed by atoms with Crippen LogP contribution in [-0.4, -0.2) is 36.0 Å². The molecule has 166 valence electrons. The number of rotatable bonds is 7. The third-order valence-electron chi connectivity index (χ3n) is 5.77. The molecule has 0 saturated carbocycles. The maximum absolute atomic E-state index is 12.9. The van der Waals surface area contributed by atoms with Crippen molar-refractivity contribution < 1.29 is 19.1 Å². The molecular formula is C25H27N3O4. The monoisotopic (exact) mass is 433 g/mol. The lowest BCUT2D eigenvalue weighted by Gasteiger charge is -2.32. The van der Waals surface area contributed by atoms with Gasteiger partial charge in [0.2, 0.25) is 5.91 Å².